The van der Waals surface area contributed by atoms with Crippen molar-refractivity contribution < 1.29 is 0 Å². The summed E-state index contributed by atoms with van der Waals surface area (Å²) in [5.74, 6) is 0.616. The van der Waals surface area contributed by atoms with Gasteiger partial charge in [-0.15, -0.1) is 0 Å². The molecule has 4 N–H and O–H groups in total. The molecule has 3 heteroatoms. The van der Waals surface area contributed by atoms with Crippen LogP contribution >= 0.6 is 0 Å². The second-order valence-electron chi connectivity index (χ2n) is 3.78. The van der Waals surface area contributed by atoms with Gasteiger partial charge in [-0.1, -0.05) is 6.08 Å². The van der Waals surface area contributed by atoms with Crippen LogP contribution in [-0.2, 0) is 0 Å². The van der Waals surface area contributed by atoms with Crippen LogP contribution in [0.3, 0.4) is 0 Å². The third-order valence-corrected chi connectivity index (χ3v) is 2.67. The van der Waals surface area contributed by atoms with E-state index < -0.39 is 0 Å². The lowest BCUT2D eigenvalue weighted by Gasteiger charge is -2.08. The smallest absolute Gasteiger partial charge is 0.131 e. The molecule has 0 aromatic carbocycles. The summed E-state index contributed by atoms with van der Waals surface area (Å²) < 4.78 is 0. The lowest BCUT2D eigenvalue weighted by molar-refractivity contribution is 0.782. The Hall–Kier alpha value is -1.35. The molecular formula is C11H15N3. The standard InChI is InChI=1S/C11H15N3/c1-7-4-5-14-11(13)10(7)8-2-3-9(12)6-8/h4-6,9H,2-3,12H2,1H3,(H2,13,14). The van der Waals surface area contributed by atoms with Crippen molar-refractivity contribution in [3.8, 4) is 0 Å². The third kappa shape index (κ3) is 1.51. The molecule has 1 unspecified atom stereocenters. The van der Waals surface area contributed by atoms with E-state index in [9.17, 15) is 0 Å². The minimum atomic E-state index is 0.184. The van der Waals surface area contributed by atoms with Gasteiger partial charge >= 0.3 is 0 Å². The fourth-order valence-corrected chi connectivity index (χ4v) is 1.95. The summed E-state index contributed by atoms with van der Waals surface area (Å²) in [6.07, 6.45) is 5.87. The van der Waals surface area contributed by atoms with Gasteiger partial charge in [-0.05, 0) is 37.0 Å². The summed E-state index contributed by atoms with van der Waals surface area (Å²) in [4.78, 5) is 4.11. The highest BCUT2D eigenvalue weighted by Gasteiger charge is 2.17. The van der Waals surface area contributed by atoms with Crippen molar-refractivity contribution in [1.29, 1.82) is 0 Å². The number of hydrogen-bond donors (Lipinski definition) is 2. The Labute approximate surface area is 83.8 Å². The second-order valence-corrected chi connectivity index (χ2v) is 3.78. The van der Waals surface area contributed by atoms with Crippen molar-refractivity contribution in [3.63, 3.8) is 0 Å². The lowest BCUT2D eigenvalue weighted by atomic mass is 10.0. The van der Waals surface area contributed by atoms with Crippen LogP contribution in [0.5, 0.6) is 0 Å². The number of anilines is 1. The summed E-state index contributed by atoms with van der Waals surface area (Å²) in [5, 5.41) is 0. The Kier molecular flexibility index (Phi) is 2.25. The van der Waals surface area contributed by atoms with E-state index in [1.807, 2.05) is 6.07 Å². The maximum Gasteiger partial charge on any atom is 0.131 e. The molecule has 3 nitrogen and oxygen atoms in total. The molecule has 0 bridgehead atoms. The van der Waals surface area contributed by atoms with Gasteiger partial charge in [0.25, 0.3) is 0 Å². The number of rotatable bonds is 1. The van der Waals surface area contributed by atoms with Crippen molar-refractivity contribution >= 4 is 11.4 Å². The fourth-order valence-electron chi connectivity index (χ4n) is 1.95. The molecule has 0 amide bonds. The molecule has 14 heavy (non-hydrogen) atoms. The Balaban J connectivity index is 2.46. The zero-order valence-corrected chi connectivity index (χ0v) is 8.33. The van der Waals surface area contributed by atoms with E-state index in [1.54, 1.807) is 6.20 Å². The molecule has 1 aliphatic carbocycles. The van der Waals surface area contributed by atoms with Crippen LogP contribution in [0.2, 0.25) is 0 Å². The number of nitrogens with zero attached hydrogens (tertiary/aromatic N) is 1. The van der Waals surface area contributed by atoms with Gasteiger partial charge < -0.3 is 11.5 Å². The monoisotopic (exact) mass is 189 g/mol. The first-order valence-corrected chi connectivity index (χ1v) is 4.86. The van der Waals surface area contributed by atoms with Crippen LogP contribution in [0.4, 0.5) is 5.82 Å². The molecule has 0 fully saturated rings. The zero-order valence-electron chi connectivity index (χ0n) is 8.33. The summed E-state index contributed by atoms with van der Waals surface area (Å²) >= 11 is 0. The highest BCUT2D eigenvalue weighted by Crippen LogP contribution is 2.31. The van der Waals surface area contributed by atoms with E-state index in [0.29, 0.717) is 5.82 Å². The first kappa shape index (κ1) is 9.21. The van der Waals surface area contributed by atoms with Crippen molar-refractivity contribution in [2.24, 2.45) is 5.73 Å². The number of allylic oxidation sites excluding steroid dienone is 1. The van der Waals surface area contributed by atoms with Crippen molar-refractivity contribution in [1.82, 2.24) is 4.98 Å². The SMILES string of the molecule is Cc1ccnc(N)c1C1=CC(N)CC1. The summed E-state index contributed by atoms with van der Waals surface area (Å²) in [6.45, 7) is 2.05. The van der Waals surface area contributed by atoms with E-state index in [4.69, 9.17) is 11.5 Å². The minimum absolute atomic E-state index is 0.184. The minimum Gasteiger partial charge on any atom is -0.383 e. The molecule has 2 rings (SSSR count). The van der Waals surface area contributed by atoms with E-state index in [0.717, 1.165) is 18.4 Å². The van der Waals surface area contributed by atoms with Crippen molar-refractivity contribution in [2.45, 2.75) is 25.8 Å². The van der Waals surface area contributed by atoms with Crippen LogP contribution in [0.25, 0.3) is 5.57 Å². The van der Waals surface area contributed by atoms with E-state index in [1.165, 1.54) is 11.1 Å². The van der Waals surface area contributed by atoms with E-state index in [2.05, 4.69) is 18.0 Å². The zero-order chi connectivity index (χ0) is 10.1. The number of nitrogens with two attached hydrogens (primary N) is 2. The van der Waals surface area contributed by atoms with Crippen LogP contribution in [0, 0.1) is 6.92 Å². The third-order valence-electron chi connectivity index (χ3n) is 2.67. The summed E-state index contributed by atoms with van der Waals surface area (Å²) in [7, 11) is 0. The van der Waals surface area contributed by atoms with Crippen LogP contribution in [-0.4, -0.2) is 11.0 Å². The predicted molar refractivity (Wildman–Crippen MR) is 58.6 cm³/mol. The molecular weight excluding hydrogens is 174 g/mol. The van der Waals surface area contributed by atoms with E-state index >= 15 is 0 Å². The number of nitrogen functional groups attached to an aromatic ring is 1. The molecule has 0 saturated heterocycles. The molecule has 0 spiro atoms. The first-order valence-electron chi connectivity index (χ1n) is 4.86. The van der Waals surface area contributed by atoms with Gasteiger partial charge in [0.2, 0.25) is 0 Å². The molecule has 0 saturated carbocycles. The van der Waals surface area contributed by atoms with Gasteiger partial charge in [-0.2, -0.15) is 0 Å². The van der Waals surface area contributed by atoms with Gasteiger partial charge in [0, 0.05) is 17.8 Å². The molecule has 0 aliphatic heterocycles. The van der Waals surface area contributed by atoms with Gasteiger partial charge in [0.15, 0.2) is 0 Å². The highest BCUT2D eigenvalue weighted by molar-refractivity contribution is 5.77. The Morgan fingerprint density at radius 1 is 1.50 bits per heavy atom. The molecule has 1 atom stereocenters. The Bertz CT molecular complexity index is 362. The Morgan fingerprint density at radius 3 is 2.86 bits per heavy atom. The van der Waals surface area contributed by atoms with Crippen LogP contribution in [0.15, 0.2) is 18.3 Å². The maximum absolute atomic E-state index is 5.85. The average Bonchev–Trinajstić information content (AvgIpc) is 2.51. The lowest BCUT2D eigenvalue weighted by Crippen LogP contribution is -2.11. The number of pyridine rings is 1. The largest absolute Gasteiger partial charge is 0.383 e. The van der Waals surface area contributed by atoms with Crippen molar-refractivity contribution in [2.75, 3.05) is 5.73 Å². The molecule has 1 aromatic heterocycles. The average molecular weight is 189 g/mol. The predicted octanol–water partition coefficient (Wildman–Crippen LogP) is 1.48. The molecule has 74 valence electrons. The van der Waals surface area contributed by atoms with Crippen molar-refractivity contribution in [3.05, 3.63) is 29.5 Å². The van der Waals surface area contributed by atoms with Gasteiger partial charge in [-0.3, -0.25) is 0 Å². The van der Waals surface area contributed by atoms with Gasteiger partial charge in [0.1, 0.15) is 5.82 Å². The number of hydrogen-bond acceptors (Lipinski definition) is 3. The summed E-state index contributed by atoms with van der Waals surface area (Å²) in [6, 6.07) is 2.17. The highest BCUT2D eigenvalue weighted by atomic mass is 14.8. The second kappa shape index (κ2) is 3.42. The molecule has 0 radical (unpaired) electrons. The van der Waals surface area contributed by atoms with E-state index in [-0.39, 0.29) is 6.04 Å². The normalized spacial score (nSPS) is 21.0. The van der Waals surface area contributed by atoms with Gasteiger partial charge in [-0.25, -0.2) is 4.98 Å². The van der Waals surface area contributed by atoms with Crippen LogP contribution in [0.1, 0.15) is 24.0 Å². The van der Waals surface area contributed by atoms with Gasteiger partial charge in [0.05, 0.1) is 0 Å². The maximum atomic E-state index is 5.85. The molecule has 1 aromatic rings. The molecule has 1 aliphatic rings. The number of aryl methyl sites for hydroxylation is 1. The first-order chi connectivity index (χ1) is 6.68. The number of aromatic nitrogens is 1. The topological polar surface area (TPSA) is 64.9 Å². The molecule has 1 heterocycles. The Morgan fingerprint density at radius 2 is 2.29 bits per heavy atom. The fraction of sp³-hybridized carbons (Fsp3) is 0.364. The quantitative estimate of drug-likeness (QED) is 0.703. The summed E-state index contributed by atoms with van der Waals surface area (Å²) in [5.41, 5.74) is 15.2. The van der Waals surface area contributed by atoms with Crippen LogP contribution < -0.4 is 11.5 Å².